The Bertz CT molecular complexity index is 1040. The summed E-state index contributed by atoms with van der Waals surface area (Å²) in [7, 11) is 0. The van der Waals surface area contributed by atoms with E-state index in [4.69, 9.17) is 0 Å². The summed E-state index contributed by atoms with van der Waals surface area (Å²) < 4.78 is 0. The summed E-state index contributed by atoms with van der Waals surface area (Å²) in [6.07, 6.45) is 78.2. The molecule has 0 bridgehead atoms. The molecule has 5 heteroatoms. The van der Waals surface area contributed by atoms with Gasteiger partial charge < -0.3 is 20.6 Å². The smallest absolute Gasteiger partial charge is 0.220 e. The number of allylic oxidation sites excluding steroid dienone is 4. The van der Waals surface area contributed by atoms with Crippen LogP contribution < -0.4 is 5.32 Å². The zero-order valence-corrected chi connectivity index (χ0v) is 47.7. The van der Waals surface area contributed by atoms with Crippen molar-refractivity contribution in [3.8, 4) is 0 Å². The lowest BCUT2D eigenvalue weighted by Gasteiger charge is -2.26. The molecule has 3 unspecified atom stereocenters. The predicted molar refractivity (Wildman–Crippen MR) is 310 cm³/mol. The average Bonchev–Trinajstić information content (AvgIpc) is 3.36. The van der Waals surface area contributed by atoms with Crippen LogP contribution in [0.5, 0.6) is 0 Å². The number of hydrogen-bond acceptors (Lipinski definition) is 4. The molecule has 416 valence electrons. The van der Waals surface area contributed by atoms with Gasteiger partial charge >= 0.3 is 0 Å². The molecular weight excluding hydrogens is 859 g/mol. The Morgan fingerprint density at radius 2 is 0.586 bits per heavy atom. The molecule has 0 saturated carbocycles. The Labute approximate surface area is 439 Å². The van der Waals surface area contributed by atoms with E-state index in [-0.39, 0.29) is 12.5 Å². The van der Waals surface area contributed by atoms with Crippen LogP contribution in [-0.4, -0.2) is 46.1 Å². The van der Waals surface area contributed by atoms with Crippen LogP contribution in [0.2, 0.25) is 0 Å². The minimum absolute atomic E-state index is 0.151. The van der Waals surface area contributed by atoms with Gasteiger partial charge in [0, 0.05) is 6.42 Å². The van der Waals surface area contributed by atoms with Gasteiger partial charge in [-0.15, -0.1) is 0 Å². The Morgan fingerprint density at radius 3 is 0.871 bits per heavy atom. The standard InChI is InChI=1S/C65H127NO4/c1-3-5-7-9-11-13-15-17-19-21-22-23-24-25-26-27-28-29-30-31-32-33-34-35-36-37-38-39-40-41-42-44-46-48-50-52-54-56-58-60-64(69)66-62(61-67)65(70)63(68)59-57-55-53-51-49-47-45-43-20-18-16-14-12-10-8-6-4-2/h43,45,51,53,62-63,65,67-68,70H,3-42,44,46-50,52,54-61H2,1-2H3,(H,66,69)/b45-43+,53-51+. The molecular formula is C65H127NO4. The molecule has 70 heavy (non-hydrogen) atoms. The van der Waals surface area contributed by atoms with Crippen LogP contribution in [0.15, 0.2) is 24.3 Å². The highest BCUT2D eigenvalue weighted by Gasteiger charge is 2.26. The number of carbonyl (C=O) groups excluding carboxylic acids is 1. The van der Waals surface area contributed by atoms with Gasteiger partial charge in [0.25, 0.3) is 0 Å². The third-order valence-corrected chi connectivity index (χ3v) is 15.3. The Morgan fingerprint density at radius 1 is 0.343 bits per heavy atom. The fourth-order valence-corrected chi connectivity index (χ4v) is 10.4. The van der Waals surface area contributed by atoms with Gasteiger partial charge in [0.05, 0.1) is 18.8 Å². The molecule has 0 aromatic heterocycles. The minimum atomic E-state index is -1.17. The zero-order chi connectivity index (χ0) is 50.7. The second kappa shape index (κ2) is 60.4. The van der Waals surface area contributed by atoms with Crippen molar-refractivity contribution >= 4 is 5.91 Å². The number of aliphatic hydroxyl groups excluding tert-OH is 3. The molecule has 0 aliphatic heterocycles. The lowest BCUT2D eigenvalue weighted by atomic mass is 10.0. The molecule has 4 N–H and O–H groups in total. The first-order chi connectivity index (χ1) is 34.6. The lowest BCUT2D eigenvalue weighted by molar-refractivity contribution is -0.124. The van der Waals surface area contributed by atoms with Crippen LogP contribution in [0.25, 0.3) is 0 Å². The Kier molecular flexibility index (Phi) is 59.4. The summed E-state index contributed by atoms with van der Waals surface area (Å²) in [6.45, 7) is 4.20. The number of hydrogen-bond donors (Lipinski definition) is 4. The van der Waals surface area contributed by atoms with E-state index in [9.17, 15) is 20.1 Å². The second-order valence-corrected chi connectivity index (χ2v) is 22.3. The molecule has 0 radical (unpaired) electrons. The molecule has 0 rings (SSSR count). The minimum Gasteiger partial charge on any atom is -0.394 e. The van der Waals surface area contributed by atoms with Crippen molar-refractivity contribution in [2.45, 2.75) is 379 Å². The first-order valence-electron chi connectivity index (χ1n) is 32.1. The maximum Gasteiger partial charge on any atom is 0.220 e. The molecule has 0 fully saturated rings. The maximum absolute atomic E-state index is 12.5. The van der Waals surface area contributed by atoms with Crippen molar-refractivity contribution in [1.82, 2.24) is 5.32 Å². The first kappa shape index (κ1) is 68.8. The fraction of sp³-hybridized carbons (Fsp3) is 0.923. The summed E-state index contributed by atoms with van der Waals surface area (Å²) in [5.74, 6) is -0.151. The molecule has 0 saturated heterocycles. The molecule has 0 aromatic rings. The van der Waals surface area contributed by atoms with Gasteiger partial charge in [-0.3, -0.25) is 4.79 Å². The Balaban J connectivity index is 3.43. The van der Waals surface area contributed by atoms with Crippen LogP contribution in [0.1, 0.15) is 361 Å². The number of rotatable bonds is 60. The van der Waals surface area contributed by atoms with E-state index in [1.54, 1.807) is 0 Å². The SMILES string of the molecule is CCCCCCCCCC/C=C/CC/C=C/CCCC(O)C(O)C(CO)NC(=O)CCCCCCCCCCCCCCCCCCCCCCCCCCCCCCCCCCCCCCCCC. The monoisotopic (exact) mass is 986 g/mol. The molecule has 1 amide bonds. The summed E-state index contributed by atoms with van der Waals surface area (Å²) in [5, 5.41) is 33.7. The van der Waals surface area contributed by atoms with E-state index in [0.29, 0.717) is 12.8 Å². The number of carbonyl (C=O) groups is 1. The maximum atomic E-state index is 12.5. The number of amides is 1. The molecule has 3 atom stereocenters. The average molecular weight is 987 g/mol. The highest BCUT2D eigenvalue weighted by Crippen LogP contribution is 2.19. The first-order valence-corrected chi connectivity index (χ1v) is 32.1. The number of aliphatic hydroxyl groups is 3. The molecule has 0 aromatic carbocycles. The van der Waals surface area contributed by atoms with Gasteiger partial charge in [-0.05, 0) is 51.4 Å². The molecule has 0 aliphatic rings. The second-order valence-electron chi connectivity index (χ2n) is 22.3. The van der Waals surface area contributed by atoms with Crippen molar-refractivity contribution in [1.29, 1.82) is 0 Å². The van der Waals surface area contributed by atoms with Crippen LogP contribution in [0.4, 0.5) is 0 Å². The van der Waals surface area contributed by atoms with Gasteiger partial charge in [0.1, 0.15) is 6.10 Å². The largest absolute Gasteiger partial charge is 0.394 e. The number of nitrogens with one attached hydrogen (secondary N) is 1. The van der Waals surface area contributed by atoms with E-state index in [1.807, 2.05) is 0 Å². The van der Waals surface area contributed by atoms with Crippen LogP contribution in [0, 0.1) is 0 Å². The topological polar surface area (TPSA) is 89.8 Å². The van der Waals surface area contributed by atoms with E-state index < -0.39 is 18.2 Å². The van der Waals surface area contributed by atoms with Crippen molar-refractivity contribution in [3.05, 3.63) is 24.3 Å². The third kappa shape index (κ3) is 54.6. The lowest BCUT2D eigenvalue weighted by Crippen LogP contribution is -2.50. The van der Waals surface area contributed by atoms with Gasteiger partial charge in [-0.1, -0.05) is 327 Å². The fourth-order valence-electron chi connectivity index (χ4n) is 10.4. The van der Waals surface area contributed by atoms with E-state index in [1.165, 1.54) is 289 Å². The van der Waals surface area contributed by atoms with Crippen molar-refractivity contribution in [2.75, 3.05) is 6.61 Å². The summed E-state index contributed by atoms with van der Waals surface area (Å²) in [6, 6.07) is -0.830. The molecule has 0 spiro atoms. The van der Waals surface area contributed by atoms with Crippen LogP contribution >= 0.6 is 0 Å². The summed E-state index contributed by atoms with van der Waals surface area (Å²) in [5.41, 5.74) is 0. The van der Waals surface area contributed by atoms with Gasteiger partial charge in [0.15, 0.2) is 0 Å². The third-order valence-electron chi connectivity index (χ3n) is 15.3. The van der Waals surface area contributed by atoms with Crippen LogP contribution in [0.3, 0.4) is 0 Å². The molecule has 0 heterocycles. The zero-order valence-electron chi connectivity index (χ0n) is 47.7. The van der Waals surface area contributed by atoms with Crippen LogP contribution in [-0.2, 0) is 4.79 Å². The van der Waals surface area contributed by atoms with Gasteiger partial charge in [-0.25, -0.2) is 0 Å². The van der Waals surface area contributed by atoms with Gasteiger partial charge in [0.2, 0.25) is 5.91 Å². The normalized spacial score (nSPS) is 13.3. The van der Waals surface area contributed by atoms with Crippen molar-refractivity contribution in [3.63, 3.8) is 0 Å². The van der Waals surface area contributed by atoms with Gasteiger partial charge in [-0.2, -0.15) is 0 Å². The summed E-state index contributed by atoms with van der Waals surface area (Å²) in [4.78, 5) is 12.5. The highest BCUT2D eigenvalue weighted by atomic mass is 16.3. The quantitative estimate of drug-likeness (QED) is 0.0361. The predicted octanol–water partition coefficient (Wildman–Crippen LogP) is 20.4. The Hall–Kier alpha value is -1.17. The molecule has 0 aliphatic carbocycles. The van der Waals surface area contributed by atoms with E-state index in [0.717, 1.165) is 44.9 Å². The molecule has 5 nitrogen and oxygen atoms in total. The van der Waals surface area contributed by atoms with E-state index in [2.05, 4.69) is 43.5 Å². The summed E-state index contributed by atoms with van der Waals surface area (Å²) >= 11 is 0. The van der Waals surface area contributed by atoms with Crippen molar-refractivity contribution < 1.29 is 20.1 Å². The van der Waals surface area contributed by atoms with Crippen molar-refractivity contribution in [2.24, 2.45) is 0 Å². The van der Waals surface area contributed by atoms with E-state index >= 15 is 0 Å². The number of unbranched alkanes of at least 4 members (excludes halogenated alkanes) is 48. The highest BCUT2D eigenvalue weighted by molar-refractivity contribution is 5.76.